The molecular formula is C21H28N4O2. The van der Waals surface area contributed by atoms with E-state index in [1.807, 2.05) is 23.1 Å². The summed E-state index contributed by atoms with van der Waals surface area (Å²) in [4.78, 5) is 27.5. The molecule has 2 fully saturated rings. The van der Waals surface area contributed by atoms with Gasteiger partial charge in [-0.2, -0.15) is 5.26 Å². The first-order valence-electron chi connectivity index (χ1n) is 9.89. The number of nitriles is 1. The minimum absolute atomic E-state index is 0.0473. The highest BCUT2D eigenvalue weighted by Crippen LogP contribution is 2.32. The summed E-state index contributed by atoms with van der Waals surface area (Å²) < 4.78 is 0. The van der Waals surface area contributed by atoms with Crippen molar-refractivity contribution in [1.29, 1.82) is 5.26 Å². The highest BCUT2D eigenvalue weighted by atomic mass is 16.2. The molecule has 0 radical (unpaired) electrons. The maximum Gasteiger partial charge on any atom is 0.236 e. The normalized spacial score (nSPS) is 21.4. The number of benzene rings is 1. The molecule has 2 atom stereocenters. The molecule has 3 rings (SSSR count). The van der Waals surface area contributed by atoms with E-state index in [2.05, 4.69) is 11.4 Å². The standard InChI is InChI=1S/C21H28N4O2/c22-12-15-5-4-6-16(11-15)14-25(18-9-10-24-13-18)21(27)19(20(23)26)17-7-2-1-3-8-17/h4-6,11,17-19,24H,1-3,7-10,13-14H2,(H2,23,26). The molecule has 1 heterocycles. The minimum Gasteiger partial charge on any atom is -0.369 e. The van der Waals surface area contributed by atoms with Crippen molar-refractivity contribution >= 4 is 11.8 Å². The Morgan fingerprint density at radius 2 is 2.04 bits per heavy atom. The van der Waals surface area contributed by atoms with Crippen molar-refractivity contribution in [3.05, 3.63) is 35.4 Å². The van der Waals surface area contributed by atoms with E-state index in [0.717, 1.165) is 57.2 Å². The second kappa shape index (κ2) is 9.01. The molecule has 0 spiro atoms. The van der Waals surface area contributed by atoms with Crippen molar-refractivity contribution in [2.45, 2.75) is 51.1 Å². The Labute approximate surface area is 160 Å². The molecule has 6 heteroatoms. The zero-order valence-corrected chi connectivity index (χ0v) is 15.7. The quantitative estimate of drug-likeness (QED) is 0.750. The average Bonchev–Trinajstić information content (AvgIpc) is 3.21. The lowest BCUT2D eigenvalue weighted by Gasteiger charge is -2.35. The molecule has 6 nitrogen and oxygen atoms in total. The average molecular weight is 368 g/mol. The van der Waals surface area contributed by atoms with Crippen molar-refractivity contribution < 1.29 is 9.59 Å². The van der Waals surface area contributed by atoms with Crippen molar-refractivity contribution in [3.8, 4) is 6.07 Å². The number of carbonyl (C=O) groups excluding carboxylic acids is 2. The van der Waals surface area contributed by atoms with E-state index in [-0.39, 0.29) is 17.9 Å². The first-order valence-corrected chi connectivity index (χ1v) is 9.89. The number of amides is 2. The van der Waals surface area contributed by atoms with Crippen LogP contribution < -0.4 is 11.1 Å². The number of nitrogens with two attached hydrogens (primary N) is 1. The van der Waals surface area contributed by atoms with Crippen LogP contribution in [-0.2, 0) is 16.1 Å². The maximum absolute atomic E-state index is 13.5. The van der Waals surface area contributed by atoms with Crippen LogP contribution in [0, 0.1) is 23.2 Å². The van der Waals surface area contributed by atoms with E-state index in [4.69, 9.17) is 11.0 Å². The Morgan fingerprint density at radius 1 is 1.26 bits per heavy atom. The van der Waals surface area contributed by atoms with E-state index in [1.165, 1.54) is 0 Å². The highest BCUT2D eigenvalue weighted by molar-refractivity contribution is 6.00. The zero-order chi connectivity index (χ0) is 19.2. The van der Waals surface area contributed by atoms with Gasteiger partial charge in [0.2, 0.25) is 11.8 Å². The van der Waals surface area contributed by atoms with Crippen LogP contribution in [0.3, 0.4) is 0 Å². The summed E-state index contributed by atoms with van der Waals surface area (Å²) in [6.07, 6.45) is 5.90. The third-order valence-corrected chi connectivity index (χ3v) is 5.86. The second-order valence-corrected chi connectivity index (χ2v) is 7.70. The predicted octanol–water partition coefficient (Wildman–Crippen LogP) is 1.93. The molecule has 27 heavy (non-hydrogen) atoms. The monoisotopic (exact) mass is 368 g/mol. The second-order valence-electron chi connectivity index (χ2n) is 7.70. The van der Waals surface area contributed by atoms with Gasteiger partial charge in [0, 0.05) is 19.1 Å². The van der Waals surface area contributed by atoms with Gasteiger partial charge >= 0.3 is 0 Å². The van der Waals surface area contributed by atoms with E-state index in [0.29, 0.717) is 12.1 Å². The van der Waals surface area contributed by atoms with E-state index < -0.39 is 11.8 Å². The van der Waals surface area contributed by atoms with Crippen LogP contribution in [0.15, 0.2) is 24.3 Å². The maximum atomic E-state index is 13.5. The van der Waals surface area contributed by atoms with Gasteiger partial charge in [0.25, 0.3) is 0 Å². The Hall–Kier alpha value is -2.39. The number of primary amides is 1. The van der Waals surface area contributed by atoms with Gasteiger partial charge in [-0.15, -0.1) is 0 Å². The van der Waals surface area contributed by atoms with Crippen molar-refractivity contribution in [1.82, 2.24) is 10.2 Å². The van der Waals surface area contributed by atoms with E-state index in [9.17, 15) is 9.59 Å². The van der Waals surface area contributed by atoms with Gasteiger partial charge in [-0.1, -0.05) is 31.4 Å². The molecule has 1 saturated carbocycles. The summed E-state index contributed by atoms with van der Waals surface area (Å²) in [5, 5.41) is 12.4. The molecule has 1 aromatic carbocycles. The first-order chi connectivity index (χ1) is 13.1. The highest BCUT2D eigenvalue weighted by Gasteiger charge is 2.39. The number of nitrogens with one attached hydrogen (secondary N) is 1. The number of carbonyl (C=O) groups is 2. The summed E-state index contributed by atoms with van der Waals surface area (Å²) >= 11 is 0. The molecule has 0 bridgehead atoms. The molecular weight excluding hydrogens is 340 g/mol. The van der Waals surface area contributed by atoms with Crippen LogP contribution in [0.25, 0.3) is 0 Å². The number of rotatable bonds is 6. The summed E-state index contributed by atoms with van der Waals surface area (Å²) in [6.45, 7) is 1.98. The molecule has 2 amide bonds. The predicted molar refractivity (Wildman–Crippen MR) is 102 cm³/mol. The molecule has 2 unspecified atom stereocenters. The van der Waals surface area contributed by atoms with Crippen LogP contribution >= 0.6 is 0 Å². The fraction of sp³-hybridized carbons (Fsp3) is 0.571. The summed E-state index contributed by atoms with van der Waals surface area (Å²) in [7, 11) is 0. The summed E-state index contributed by atoms with van der Waals surface area (Å²) in [5.74, 6) is -1.35. The molecule has 3 N–H and O–H groups in total. The molecule has 1 aliphatic heterocycles. The molecule has 144 valence electrons. The Kier molecular flexibility index (Phi) is 6.46. The lowest BCUT2D eigenvalue weighted by atomic mass is 9.78. The van der Waals surface area contributed by atoms with E-state index >= 15 is 0 Å². The van der Waals surface area contributed by atoms with Crippen molar-refractivity contribution in [3.63, 3.8) is 0 Å². The Bertz CT molecular complexity index is 715. The van der Waals surface area contributed by atoms with Crippen LogP contribution in [-0.4, -0.2) is 35.8 Å². The summed E-state index contributed by atoms with van der Waals surface area (Å²) in [5.41, 5.74) is 7.18. The lowest BCUT2D eigenvalue weighted by Crippen LogP contribution is -2.49. The molecule has 0 aromatic heterocycles. The smallest absolute Gasteiger partial charge is 0.236 e. The van der Waals surface area contributed by atoms with Crippen LogP contribution in [0.1, 0.15) is 49.7 Å². The fourth-order valence-corrected chi connectivity index (χ4v) is 4.43. The SMILES string of the molecule is N#Cc1cccc(CN(C(=O)C(C(N)=O)C2CCCCC2)C2CCNC2)c1. The zero-order valence-electron chi connectivity index (χ0n) is 15.7. The van der Waals surface area contributed by atoms with Crippen molar-refractivity contribution in [2.24, 2.45) is 17.6 Å². The lowest BCUT2D eigenvalue weighted by molar-refractivity contribution is -0.146. The molecule has 1 aromatic rings. The number of hydrogen-bond donors (Lipinski definition) is 2. The van der Waals surface area contributed by atoms with Gasteiger partial charge in [-0.3, -0.25) is 9.59 Å². The molecule has 1 saturated heterocycles. The topological polar surface area (TPSA) is 99.2 Å². The Balaban J connectivity index is 1.85. The number of hydrogen-bond acceptors (Lipinski definition) is 4. The van der Waals surface area contributed by atoms with Gasteiger partial charge < -0.3 is 16.0 Å². The van der Waals surface area contributed by atoms with Gasteiger partial charge in [0.15, 0.2) is 0 Å². The minimum atomic E-state index is -0.745. The van der Waals surface area contributed by atoms with E-state index in [1.54, 1.807) is 6.07 Å². The van der Waals surface area contributed by atoms with Gasteiger partial charge in [0.05, 0.1) is 11.6 Å². The summed E-state index contributed by atoms with van der Waals surface area (Å²) in [6, 6.07) is 9.50. The number of nitrogens with zero attached hydrogens (tertiary/aromatic N) is 2. The fourth-order valence-electron chi connectivity index (χ4n) is 4.43. The van der Waals surface area contributed by atoms with Crippen LogP contribution in [0.5, 0.6) is 0 Å². The van der Waals surface area contributed by atoms with Crippen LogP contribution in [0.2, 0.25) is 0 Å². The third kappa shape index (κ3) is 4.67. The van der Waals surface area contributed by atoms with Crippen molar-refractivity contribution in [2.75, 3.05) is 13.1 Å². The largest absolute Gasteiger partial charge is 0.369 e. The van der Waals surface area contributed by atoms with Gasteiger partial charge in [0.1, 0.15) is 5.92 Å². The first kappa shape index (κ1) is 19.4. The van der Waals surface area contributed by atoms with Gasteiger partial charge in [-0.05, 0) is 49.4 Å². The Morgan fingerprint density at radius 3 is 2.67 bits per heavy atom. The molecule has 2 aliphatic rings. The van der Waals surface area contributed by atoms with Crippen LogP contribution in [0.4, 0.5) is 0 Å². The van der Waals surface area contributed by atoms with Gasteiger partial charge in [-0.25, -0.2) is 0 Å². The third-order valence-electron chi connectivity index (χ3n) is 5.86. The molecule has 1 aliphatic carbocycles.